The number of nitrogen functional groups attached to an aromatic ring is 1. The maximum Gasteiger partial charge on any atom is 0.0573 e. The van der Waals surface area contributed by atoms with Gasteiger partial charge in [-0.25, -0.2) is 0 Å². The number of alkyl halides is 1. The second-order valence-electron chi connectivity index (χ2n) is 2.31. The summed E-state index contributed by atoms with van der Waals surface area (Å²) in [6.07, 6.45) is 0. The van der Waals surface area contributed by atoms with Gasteiger partial charge in [0.1, 0.15) is 0 Å². The predicted molar refractivity (Wildman–Crippen MR) is 44.1 cm³/mol. The number of nitrogens with one attached hydrogen (secondary N) is 1. The van der Waals surface area contributed by atoms with Crippen molar-refractivity contribution >= 4 is 11.4 Å². The molecule has 3 N–H and O–H groups in total. The minimum absolute atomic E-state index is 0.807. The molecule has 0 aliphatic rings. The van der Waals surface area contributed by atoms with Crippen LogP contribution in [0, 0.1) is 0 Å². The lowest BCUT2D eigenvalue weighted by Gasteiger charge is -2.09. The third-order valence-electron chi connectivity index (χ3n) is 1.54. The Bertz CT molecular complexity index is 248. The third kappa shape index (κ3) is 1.99. The van der Waals surface area contributed by atoms with E-state index in [0.717, 1.165) is 15.8 Å². The first-order chi connectivity index (χ1) is 5.27. The Hall–Kier alpha value is -0.450. The molecule has 1 radical (unpaired) electrons. The predicted octanol–water partition coefficient (Wildman–Crippen LogP) is -1.64. The van der Waals surface area contributed by atoms with Crippen LogP contribution in [0.4, 0.5) is 11.4 Å². The molecule has 0 saturated carbocycles. The number of benzene rings is 1. The summed E-state index contributed by atoms with van der Waals surface area (Å²) >= 11 is 2.33. The fourth-order valence-corrected chi connectivity index (χ4v) is 1.38. The molecule has 0 fully saturated rings. The van der Waals surface area contributed by atoms with Gasteiger partial charge in [0.15, 0.2) is 0 Å². The van der Waals surface area contributed by atoms with E-state index in [0.29, 0.717) is 0 Å². The van der Waals surface area contributed by atoms with Gasteiger partial charge in [0.2, 0.25) is 0 Å². The quantitative estimate of drug-likeness (QED) is 0.381. The average molecular weight is 262 g/mol. The molecule has 3 heteroatoms. The van der Waals surface area contributed by atoms with E-state index in [1.165, 1.54) is 5.56 Å². The van der Waals surface area contributed by atoms with Crippen molar-refractivity contribution in [3.63, 3.8) is 0 Å². The van der Waals surface area contributed by atoms with Gasteiger partial charge in [0.25, 0.3) is 0 Å². The molecule has 0 atom stereocenters. The maximum absolute atomic E-state index is 5.69. The van der Waals surface area contributed by atoms with Crippen molar-refractivity contribution < 1.29 is 22.6 Å². The van der Waals surface area contributed by atoms with E-state index >= 15 is 0 Å². The monoisotopic (exact) mass is 262 g/mol. The Kier molecular flexibility index (Phi) is 2.99. The van der Waals surface area contributed by atoms with Crippen molar-refractivity contribution in [1.82, 2.24) is 0 Å². The van der Waals surface area contributed by atoms with E-state index in [-0.39, 0.29) is 0 Å². The topological polar surface area (TPSA) is 38.0 Å². The Morgan fingerprint density at radius 2 is 2.27 bits per heavy atom. The van der Waals surface area contributed by atoms with Gasteiger partial charge in [-0.2, -0.15) is 0 Å². The minimum Gasteiger partial charge on any atom is -0.792 e. The molecule has 2 nitrogen and oxygen atoms in total. The molecular formula is C8H11IN2-. The summed E-state index contributed by atoms with van der Waals surface area (Å²) in [4.78, 5) is 0. The molecule has 0 bridgehead atoms. The molecule has 0 unspecified atom stereocenters. The van der Waals surface area contributed by atoms with Crippen LogP contribution in [0.25, 0.3) is 0 Å². The smallest absolute Gasteiger partial charge is 0.0573 e. The molecule has 0 amide bonds. The standard InChI is InChI=1S/C8H11IN2/c1-11-8-4-6(5-9)2-3-7(8)10/h2-4,11H,5,10H2,1H3/q-1. The highest BCUT2D eigenvalue weighted by molar-refractivity contribution is 5.66. The van der Waals surface area contributed by atoms with E-state index in [4.69, 9.17) is 5.73 Å². The van der Waals surface area contributed by atoms with Crippen LogP contribution in [0.3, 0.4) is 0 Å². The fraction of sp³-hybridized carbons (Fsp3) is 0.250. The highest BCUT2D eigenvalue weighted by Crippen LogP contribution is 2.18. The van der Waals surface area contributed by atoms with Crippen LogP contribution in [-0.4, -0.2) is 7.05 Å². The normalized spacial score (nSPS) is 9.64. The second-order valence-corrected chi connectivity index (χ2v) is 3.07. The summed E-state index contributed by atoms with van der Waals surface area (Å²) in [6, 6.07) is 6.05. The Morgan fingerprint density at radius 1 is 1.55 bits per heavy atom. The minimum atomic E-state index is 0.807. The van der Waals surface area contributed by atoms with Crippen molar-refractivity contribution in [3.8, 4) is 0 Å². The summed E-state index contributed by atoms with van der Waals surface area (Å²) in [5, 5.41) is 3.04. The Balaban J connectivity index is 3.02. The molecule has 0 aliphatic carbocycles. The highest BCUT2D eigenvalue weighted by atomic mass is 127. The van der Waals surface area contributed by atoms with Crippen molar-refractivity contribution in [2.24, 2.45) is 0 Å². The SMILES string of the molecule is CNc1cc(C[I-])ccc1N. The first-order valence-electron chi connectivity index (χ1n) is 3.40. The van der Waals surface area contributed by atoms with Crippen LogP contribution in [0.2, 0.25) is 0 Å². The van der Waals surface area contributed by atoms with Crippen molar-refractivity contribution in [3.05, 3.63) is 23.8 Å². The van der Waals surface area contributed by atoms with E-state index in [9.17, 15) is 0 Å². The molecule has 1 rings (SSSR count). The van der Waals surface area contributed by atoms with Gasteiger partial charge in [-0.05, 0) is 12.1 Å². The molecule has 11 heavy (non-hydrogen) atoms. The zero-order valence-electron chi connectivity index (χ0n) is 6.39. The zero-order valence-corrected chi connectivity index (χ0v) is 8.55. The van der Waals surface area contributed by atoms with Crippen LogP contribution in [-0.2, 0) is 4.43 Å². The summed E-state index contributed by atoms with van der Waals surface area (Å²) in [5.74, 6) is 0. The molecule has 0 saturated heterocycles. The molecule has 1 aromatic rings. The van der Waals surface area contributed by atoms with Gasteiger partial charge in [-0.1, -0.05) is 11.6 Å². The lowest BCUT2D eigenvalue weighted by Crippen LogP contribution is -3.33. The summed E-state index contributed by atoms with van der Waals surface area (Å²) in [6.45, 7) is 0. The van der Waals surface area contributed by atoms with Crippen molar-refractivity contribution in [2.45, 2.75) is 4.43 Å². The van der Waals surface area contributed by atoms with Crippen molar-refractivity contribution in [2.75, 3.05) is 18.1 Å². The number of hydrogen-bond donors (Lipinski definition) is 2. The zero-order chi connectivity index (χ0) is 8.27. The lowest BCUT2D eigenvalue weighted by atomic mass is 10.2. The van der Waals surface area contributed by atoms with E-state index in [1.807, 2.05) is 19.2 Å². The van der Waals surface area contributed by atoms with Crippen LogP contribution in [0.5, 0.6) is 0 Å². The van der Waals surface area contributed by atoms with Gasteiger partial charge in [-0.15, -0.1) is 4.43 Å². The average Bonchev–Trinajstić information content (AvgIpc) is 2.05. The van der Waals surface area contributed by atoms with Gasteiger partial charge in [0, 0.05) is 7.05 Å². The summed E-state index contributed by atoms with van der Waals surface area (Å²) in [7, 11) is 1.88. The molecular weight excluding hydrogens is 251 g/mol. The van der Waals surface area contributed by atoms with Gasteiger partial charge >= 0.3 is 0 Å². The Morgan fingerprint density at radius 3 is 2.82 bits per heavy atom. The number of anilines is 2. The molecule has 1 aromatic carbocycles. The highest BCUT2D eigenvalue weighted by Gasteiger charge is 1.94. The molecule has 0 spiro atoms. The van der Waals surface area contributed by atoms with Gasteiger partial charge in [-0.3, -0.25) is 0 Å². The Labute approximate surface area is 80.3 Å². The number of halogens is 1. The lowest BCUT2D eigenvalue weighted by molar-refractivity contribution is -0.386. The number of rotatable bonds is 2. The maximum atomic E-state index is 5.69. The van der Waals surface area contributed by atoms with Crippen molar-refractivity contribution in [1.29, 1.82) is 0 Å². The fourth-order valence-electron chi connectivity index (χ4n) is 0.903. The van der Waals surface area contributed by atoms with Crippen LogP contribution < -0.4 is 33.6 Å². The third-order valence-corrected chi connectivity index (χ3v) is 2.42. The molecule has 0 aromatic heterocycles. The first kappa shape index (κ1) is 8.64. The molecule has 61 valence electrons. The summed E-state index contributed by atoms with van der Waals surface area (Å²) in [5.41, 5.74) is 8.80. The van der Waals surface area contributed by atoms with Gasteiger partial charge in [0.05, 0.1) is 11.4 Å². The number of nitrogens with two attached hydrogens (primary N) is 1. The second kappa shape index (κ2) is 3.80. The van der Waals surface area contributed by atoms with Crippen LogP contribution in [0.15, 0.2) is 18.2 Å². The van der Waals surface area contributed by atoms with E-state index < -0.39 is 0 Å². The largest absolute Gasteiger partial charge is 0.792 e. The van der Waals surface area contributed by atoms with E-state index in [2.05, 4.69) is 34.0 Å². The van der Waals surface area contributed by atoms with Crippen LogP contribution >= 0.6 is 0 Å². The summed E-state index contributed by atoms with van der Waals surface area (Å²) < 4.78 is 1.02. The molecule has 0 aliphatic heterocycles. The van der Waals surface area contributed by atoms with E-state index in [1.54, 1.807) is 0 Å². The number of hydrogen-bond acceptors (Lipinski definition) is 2. The first-order valence-corrected chi connectivity index (χ1v) is 4.92. The molecule has 0 heterocycles. The van der Waals surface area contributed by atoms with Gasteiger partial charge < -0.3 is 33.6 Å². The van der Waals surface area contributed by atoms with Crippen LogP contribution in [0.1, 0.15) is 5.56 Å².